The molecule has 21 heavy (non-hydrogen) atoms. The molecule has 1 aliphatic rings. The van der Waals surface area contributed by atoms with E-state index in [4.69, 9.17) is 4.74 Å². The van der Waals surface area contributed by atoms with Gasteiger partial charge in [-0.15, -0.1) is 0 Å². The summed E-state index contributed by atoms with van der Waals surface area (Å²) in [5.41, 5.74) is 2.30. The van der Waals surface area contributed by atoms with Crippen LogP contribution >= 0.6 is 0 Å². The Morgan fingerprint density at radius 1 is 1.29 bits per heavy atom. The van der Waals surface area contributed by atoms with E-state index in [2.05, 4.69) is 9.88 Å². The van der Waals surface area contributed by atoms with Crippen LogP contribution in [0.1, 0.15) is 15.9 Å². The van der Waals surface area contributed by atoms with E-state index in [1.807, 2.05) is 18.2 Å². The number of hydrogen-bond acceptors (Lipinski definition) is 4. The molecule has 2 heterocycles. The van der Waals surface area contributed by atoms with Crippen LogP contribution in [0.25, 0.3) is 0 Å². The van der Waals surface area contributed by atoms with E-state index in [0.717, 1.165) is 25.2 Å². The molecule has 2 aromatic rings. The summed E-state index contributed by atoms with van der Waals surface area (Å²) in [6.07, 6.45) is 4.45. The number of pyridine rings is 1. The van der Waals surface area contributed by atoms with Crippen LogP contribution in [0.15, 0.2) is 42.7 Å². The molecule has 0 radical (unpaired) electrons. The molecule has 0 atom stereocenters. The molecule has 0 saturated heterocycles. The third-order valence-electron chi connectivity index (χ3n) is 3.59. The van der Waals surface area contributed by atoms with E-state index < -0.39 is 5.97 Å². The van der Waals surface area contributed by atoms with Gasteiger partial charge in [0.15, 0.2) is 5.75 Å². The Labute approximate surface area is 122 Å². The van der Waals surface area contributed by atoms with Crippen LogP contribution in [0.2, 0.25) is 0 Å². The molecule has 108 valence electrons. The van der Waals surface area contributed by atoms with Gasteiger partial charge in [-0.3, -0.25) is 4.98 Å². The Balaban J connectivity index is 1.81. The van der Waals surface area contributed by atoms with Gasteiger partial charge in [0, 0.05) is 18.9 Å². The maximum Gasteiger partial charge on any atom is 0.339 e. The number of aromatic nitrogens is 1. The molecule has 0 amide bonds. The Morgan fingerprint density at radius 2 is 2.10 bits per heavy atom. The molecule has 1 aliphatic heterocycles. The Morgan fingerprint density at radius 3 is 2.86 bits per heavy atom. The van der Waals surface area contributed by atoms with Gasteiger partial charge in [0.2, 0.25) is 0 Å². The molecule has 0 unspecified atom stereocenters. The van der Waals surface area contributed by atoms with Crippen molar-refractivity contribution >= 4 is 11.7 Å². The van der Waals surface area contributed by atoms with E-state index >= 15 is 0 Å². The fourth-order valence-corrected chi connectivity index (χ4v) is 2.52. The fraction of sp³-hybridized carbons (Fsp3) is 0.250. The zero-order chi connectivity index (χ0) is 14.7. The maximum atomic E-state index is 11.3. The SMILES string of the molecule is O=C(O)c1cccc2c1OCCN2CCc1ccncc1. The highest BCUT2D eigenvalue weighted by Gasteiger charge is 2.23. The molecule has 0 aliphatic carbocycles. The number of ether oxygens (including phenoxy) is 1. The standard InChI is InChI=1S/C16H16N2O3/c19-16(20)13-2-1-3-14-15(13)21-11-10-18(14)9-6-12-4-7-17-8-5-12/h1-5,7-8H,6,9-11H2,(H,19,20). The van der Waals surface area contributed by atoms with Gasteiger partial charge in [0.1, 0.15) is 12.2 Å². The van der Waals surface area contributed by atoms with E-state index in [0.29, 0.717) is 12.4 Å². The molecular weight excluding hydrogens is 268 g/mol. The summed E-state index contributed by atoms with van der Waals surface area (Å²) in [4.78, 5) is 17.4. The van der Waals surface area contributed by atoms with Crippen molar-refractivity contribution in [1.29, 1.82) is 0 Å². The first kappa shape index (κ1) is 13.4. The number of para-hydroxylation sites is 1. The van der Waals surface area contributed by atoms with Crippen LogP contribution in [0.3, 0.4) is 0 Å². The van der Waals surface area contributed by atoms with E-state index in [9.17, 15) is 9.90 Å². The minimum Gasteiger partial charge on any atom is -0.489 e. The highest BCUT2D eigenvalue weighted by molar-refractivity contribution is 5.93. The number of anilines is 1. The molecule has 0 saturated carbocycles. The lowest BCUT2D eigenvalue weighted by Gasteiger charge is -2.32. The van der Waals surface area contributed by atoms with E-state index in [1.165, 1.54) is 5.56 Å². The number of aromatic carboxylic acids is 1. The number of carboxylic acid groups (broad SMARTS) is 1. The topological polar surface area (TPSA) is 62.7 Å². The highest BCUT2D eigenvalue weighted by Crippen LogP contribution is 2.34. The average molecular weight is 284 g/mol. The Hall–Kier alpha value is -2.56. The summed E-state index contributed by atoms with van der Waals surface area (Å²) < 4.78 is 5.57. The largest absolute Gasteiger partial charge is 0.489 e. The van der Waals surface area contributed by atoms with Crippen molar-refractivity contribution < 1.29 is 14.6 Å². The van der Waals surface area contributed by atoms with Crippen LogP contribution < -0.4 is 9.64 Å². The van der Waals surface area contributed by atoms with Crippen molar-refractivity contribution in [2.75, 3.05) is 24.6 Å². The van der Waals surface area contributed by atoms with E-state index in [1.54, 1.807) is 24.5 Å². The van der Waals surface area contributed by atoms with Gasteiger partial charge in [-0.2, -0.15) is 0 Å². The van der Waals surface area contributed by atoms with Crippen molar-refractivity contribution in [3.8, 4) is 5.75 Å². The molecule has 0 fully saturated rings. The van der Waals surface area contributed by atoms with Crippen molar-refractivity contribution in [1.82, 2.24) is 4.98 Å². The second-order valence-electron chi connectivity index (χ2n) is 4.90. The van der Waals surface area contributed by atoms with Gasteiger partial charge in [-0.05, 0) is 36.2 Å². The summed E-state index contributed by atoms with van der Waals surface area (Å²) in [5, 5.41) is 9.23. The first-order chi connectivity index (χ1) is 10.3. The monoisotopic (exact) mass is 284 g/mol. The lowest BCUT2D eigenvalue weighted by molar-refractivity contribution is 0.0692. The van der Waals surface area contributed by atoms with Crippen molar-refractivity contribution in [2.24, 2.45) is 0 Å². The molecule has 3 rings (SSSR count). The molecule has 1 N–H and O–H groups in total. The minimum absolute atomic E-state index is 0.223. The smallest absolute Gasteiger partial charge is 0.339 e. The molecule has 0 spiro atoms. The molecule has 0 bridgehead atoms. The third-order valence-corrected chi connectivity index (χ3v) is 3.59. The third kappa shape index (κ3) is 2.81. The average Bonchev–Trinajstić information content (AvgIpc) is 2.53. The number of carbonyl (C=O) groups is 1. The summed E-state index contributed by atoms with van der Waals surface area (Å²) >= 11 is 0. The summed E-state index contributed by atoms with van der Waals surface area (Å²) in [7, 11) is 0. The fourth-order valence-electron chi connectivity index (χ4n) is 2.52. The van der Waals surface area contributed by atoms with Crippen LogP contribution in [-0.4, -0.2) is 35.8 Å². The summed E-state index contributed by atoms with van der Waals surface area (Å²) in [5.74, 6) is -0.478. The number of rotatable bonds is 4. The number of fused-ring (bicyclic) bond motifs is 1. The van der Waals surface area contributed by atoms with Crippen LogP contribution in [0.4, 0.5) is 5.69 Å². The summed E-state index contributed by atoms with van der Waals surface area (Å²) in [6, 6.07) is 9.24. The lowest BCUT2D eigenvalue weighted by Crippen LogP contribution is -2.35. The van der Waals surface area contributed by atoms with Crippen LogP contribution in [0.5, 0.6) is 5.75 Å². The molecule has 1 aromatic carbocycles. The van der Waals surface area contributed by atoms with Gasteiger partial charge in [-0.1, -0.05) is 6.07 Å². The second-order valence-corrected chi connectivity index (χ2v) is 4.90. The lowest BCUT2D eigenvalue weighted by atomic mass is 10.1. The Bertz CT molecular complexity index is 643. The first-order valence-electron chi connectivity index (χ1n) is 6.88. The maximum absolute atomic E-state index is 11.3. The zero-order valence-corrected chi connectivity index (χ0v) is 11.5. The van der Waals surface area contributed by atoms with Crippen molar-refractivity contribution in [3.05, 3.63) is 53.9 Å². The highest BCUT2D eigenvalue weighted by atomic mass is 16.5. The van der Waals surface area contributed by atoms with E-state index in [-0.39, 0.29) is 5.56 Å². The van der Waals surface area contributed by atoms with Crippen LogP contribution in [0, 0.1) is 0 Å². The number of carboxylic acids is 1. The van der Waals surface area contributed by atoms with Gasteiger partial charge < -0.3 is 14.7 Å². The normalized spacial score (nSPS) is 13.4. The Kier molecular flexibility index (Phi) is 3.73. The van der Waals surface area contributed by atoms with Crippen LogP contribution in [-0.2, 0) is 6.42 Å². The minimum atomic E-state index is -0.956. The van der Waals surface area contributed by atoms with Gasteiger partial charge in [0.25, 0.3) is 0 Å². The van der Waals surface area contributed by atoms with Gasteiger partial charge in [-0.25, -0.2) is 4.79 Å². The summed E-state index contributed by atoms with van der Waals surface area (Å²) in [6.45, 7) is 2.10. The quantitative estimate of drug-likeness (QED) is 0.932. The number of nitrogens with zero attached hydrogens (tertiary/aromatic N) is 2. The van der Waals surface area contributed by atoms with Gasteiger partial charge >= 0.3 is 5.97 Å². The first-order valence-corrected chi connectivity index (χ1v) is 6.88. The zero-order valence-electron chi connectivity index (χ0n) is 11.5. The second kappa shape index (κ2) is 5.83. The molecular formula is C16H16N2O3. The van der Waals surface area contributed by atoms with Crippen molar-refractivity contribution in [3.63, 3.8) is 0 Å². The molecule has 5 nitrogen and oxygen atoms in total. The number of hydrogen-bond donors (Lipinski definition) is 1. The van der Waals surface area contributed by atoms with Crippen molar-refractivity contribution in [2.45, 2.75) is 6.42 Å². The molecule has 1 aromatic heterocycles. The number of benzene rings is 1. The molecule has 5 heteroatoms. The predicted octanol–water partition coefficient (Wildman–Crippen LogP) is 2.22. The predicted molar refractivity (Wildman–Crippen MR) is 79.1 cm³/mol. The van der Waals surface area contributed by atoms with Gasteiger partial charge in [0.05, 0.1) is 12.2 Å².